The number of furan rings is 1. The Morgan fingerprint density at radius 3 is 2.63 bits per heavy atom. The van der Waals surface area contributed by atoms with Gasteiger partial charge in [0.15, 0.2) is 11.3 Å². The number of rotatable bonds is 4. The van der Waals surface area contributed by atoms with Crippen LogP contribution in [0.3, 0.4) is 0 Å². The van der Waals surface area contributed by atoms with Crippen molar-refractivity contribution in [1.82, 2.24) is 4.98 Å². The summed E-state index contributed by atoms with van der Waals surface area (Å²) < 4.78 is 10.7. The number of para-hydroxylation sites is 2. The minimum atomic E-state index is -0.699. The van der Waals surface area contributed by atoms with Crippen molar-refractivity contribution in [3.8, 4) is 11.5 Å². The van der Waals surface area contributed by atoms with Crippen LogP contribution in [0.25, 0.3) is 22.6 Å². The lowest BCUT2D eigenvalue weighted by molar-refractivity contribution is -0.402. The van der Waals surface area contributed by atoms with Gasteiger partial charge in [-0.25, -0.2) is 4.98 Å². The number of carbonyl (C=O) groups is 1. The quantitative estimate of drug-likeness (QED) is 0.420. The van der Waals surface area contributed by atoms with E-state index in [0.717, 1.165) is 22.7 Å². The van der Waals surface area contributed by atoms with E-state index < -0.39 is 16.7 Å². The second kappa shape index (κ2) is 6.41. The molecule has 0 aliphatic carbocycles. The second-order valence-corrected chi connectivity index (χ2v) is 5.81. The van der Waals surface area contributed by atoms with E-state index in [-0.39, 0.29) is 5.76 Å². The number of nitro groups is 1. The van der Waals surface area contributed by atoms with Gasteiger partial charge in [-0.1, -0.05) is 18.2 Å². The Bertz CT molecular complexity index is 1140. The number of benzene rings is 2. The van der Waals surface area contributed by atoms with Crippen LogP contribution in [-0.2, 0) is 0 Å². The Balaban J connectivity index is 1.65. The number of oxazole rings is 1. The summed E-state index contributed by atoms with van der Waals surface area (Å²) in [5.41, 5.74) is 3.42. The van der Waals surface area contributed by atoms with E-state index >= 15 is 0 Å². The summed E-state index contributed by atoms with van der Waals surface area (Å²) in [5.74, 6) is -0.773. The molecule has 2 aromatic carbocycles. The van der Waals surface area contributed by atoms with Crippen LogP contribution in [0, 0.1) is 17.0 Å². The highest BCUT2D eigenvalue weighted by atomic mass is 16.6. The molecule has 0 bridgehead atoms. The Morgan fingerprint density at radius 1 is 1.07 bits per heavy atom. The van der Waals surface area contributed by atoms with Crippen LogP contribution in [0.1, 0.15) is 16.1 Å². The topological polar surface area (TPSA) is 111 Å². The van der Waals surface area contributed by atoms with Gasteiger partial charge in [0.05, 0.1) is 6.07 Å². The fraction of sp³-hybridized carbons (Fsp3) is 0.0526. The summed E-state index contributed by atoms with van der Waals surface area (Å²) in [6.07, 6.45) is 0. The third-order valence-electron chi connectivity index (χ3n) is 4.10. The van der Waals surface area contributed by atoms with Crippen molar-refractivity contribution < 1.29 is 18.6 Å². The molecule has 4 aromatic rings. The van der Waals surface area contributed by atoms with Crippen molar-refractivity contribution in [2.45, 2.75) is 6.92 Å². The number of anilines is 1. The average Bonchev–Trinajstić information content (AvgIpc) is 3.30. The first-order chi connectivity index (χ1) is 13.0. The minimum absolute atomic E-state index is 0.145. The highest BCUT2D eigenvalue weighted by Gasteiger charge is 2.19. The van der Waals surface area contributed by atoms with E-state index in [1.165, 1.54) is 6.07 Å². The van der Waals surface area contributed by atoms with Crippen molar-refractivity contribution in [3.05, 3.63) is 76.0 Å². The van der Waals surface area contributed by atoms with Gasteiger partial charge < -0.3 is 14.2 Å². The number of nitrogens with zero attached hydrogens (tertiary/aromatic N) is 2. The van der Waals surface area contributed by atoms with Gasteiger partial charge in [-0.2, -0.15) is 0 Å². The summed E-state index contributed by atoms with van der Waals surface area (Å²) in [4.78, 5) is 26.8. The molecule has 0 saturated heterocycles. The molecule has 0 atom stereocenters. The molecule has 134 valence electrons. The number of nitrogens with one attached hydrogen (secondary N) is 1. The fourth-order valence-electron chi connectivity index (χ4n) is 2.72. The van der Waals surface area contributed by atoms with Crippen LogP contribution in [-0.4, -0.2) is 15.8 Å². The van der Waals surface area contributed by atoms with Gasteiger partial charge in [0.2, 0.25) is 5.89 Å². The van der Waals surface area contributed by atoms with Crippen LogP contribution in [0.5, 0.6) is 0 Å². The number of amides is 1. The minimum Gasteiger partial charge on any atom is -0.436 e. The average molecular weight is 363 g/mol. The summed E-state index contributed by atoms with van der Waals surface area (Å²) in [6.45, 7) is 1.82. The van der Waals surface area contributed by atoms with Crippen molar-refractivity contribution in [2.24, 2.45) is 0 Å². The highest BCUT2D eigenvalue weighted by Crippen LogP contribution is 2.30. The molecule has 1 amide bonds. The molecule has 8 nitrogen and oxygen atoms in total. The molecule has 2 aromatic heterocycles. The lowest BCUT2D eigenvalue weighted by Gasteiger charge is -2.09. The molecule has 0 aliphatic rings. The molecule has 0 spiro atoms. The SMILES string of the molecule is Cc1c(NC(=O)c2ccc([N+](=O)[O-])o2)cccc1-c1nc2ccccc2o1. The van der Waals surface area contributed by atoms with Gasteiger partial charge in [0.25, 0.3) is 5.91 Å². The predicted molar refractivity (Wildman–Crippen MR) is 97.5 cm³/mol. The van der Waals surface area contributed by atoms with E-state index in [2.05, 4.69) is 10.3 Å². The van der Waals surface area contributed by atoms with Gasteiger partial charge in [-0.05, 0) is 42.8 Å². The van der Waals surface area contributed by atoms with Crippen molar-refractivity contribution in [3.63, 3.8) is 0 Å². The first kappa shape index (κ1) is 16.5. The Morgan fingerprint density at radius 2 is 1.89 bits per heavy atom. The summed E-state index contributed by atoms with van der Waals surface area (Å²) in [7, 11) is 0. The molecule has 2 heterocycles. The first-order valence-corrected chi connectivity index (χ1v) is 8.04. The molecule has 0 fully saturated rings. The van der Waals surface area contributed by atoms with Gasteiger partial charge in [0.1, 0.15) is 10.4 Å². The van der Waals surface area contributed by atoms with Crippen LogP contribution in [0.4, 0.5) is 11.6 Å². The smallest absolute Gasteiger partial charge is 0.433 e. The molecule has 0 saturated carbocycles. The van der Waals surface area contributed by atoms with Crippen molar-refractivity contribution in [1.29, 1.82) is 0 Å². The maximum absolute atomic E-state index is 12.3. The van der Waals surface area contributed by atoms with Crippen molar-refractivity contribution >= 4 is 28.6 Å². The number of aromatic nitrogens is 1. The van der Waals surface area contributed by atoms with E-state index in [1.54, 1.807) is 12.1 Å². The molecule has 0 unspecified atom stereocenters. The van der Waals surface area contributed by atoms with Gasteiger partial charge in [-0.3, -0.25) is 14.9 Å². The lowest BCUT2D eigenvalue weighted by atomic mass is 10.1. The summed E-state index contributed by atoms with van der Waals surface area (Å²) in [6, 6.07) is 15.1. The molecule has 4 rings (SSSR count). The van der Waals surface area contributed by atoms with Gasteiger partial charge >= 0.3 is 5.88 Å². The summed E-state index contributed by atoms with van der Waals surface area (Å²) >= 11 is 0. The summed E-state index contributed by atoms with van der Waals surface area (Å²) in [5, 5.41) is 13.4. The van der Waals surface area contributed by atoms with E-state index in [4.69, 9.17) is 8.83 Å². The zero-order valence-corrected chi connectivity index (χ0v) is 14.1. The normalized spacial score (nSPS) is 10.9. The maximum Gasteiger partial charge on any atom is 0.433 e. The molecular weight excluding hydrogens is 350 g/mol. The molecular formula is C19H13N3O5. The zero-order valence-electron chi connectivity index (χ0n) is 14.1. The van der Waals surface area contributed by atoms with E-state index in [1.807, 2.05) is 37.3 Å². The van der Waals surface area contributed by atoms with Crippen LogP contribution >= 0.6 is 0 Å². The van der Waals surface area contributed by atoms with Crippen LogP contribution < -0.4 is 5.32 Å². The standard InChI is InChI=1S/C19H13N3O5/c1-11-12(19-21-14-6-2-3-8-15(14)27-19)5-4-7-13(11)20-18(23)16-9-10-17(26-16)22(24)25/h2-10H,1H3,(H,20,23). The lowest BCUT2D eigenvalue weighted by Crippen LogP contribution is -2.12. The van der Waals surface area contributed by atoms with Crippen LogP contribution in [0.15, 0.2) is 63.4 Å². The van der Waals surface area contributed by atoms with Gasteiger partial charge in [-0.15, -0.1) is 0 Å². The molecule has 27 heavy (non-hydrogen) atoms. The van der Waals surface area contributed by atoms with Gasteiger partial charge in [0, 0.05) is 11.3 Å². The highest BCUT2D eigenvalue weighted by molar-refractivity contribution is 6.03. The molecule has 0 radical (unpaired) electrons. The fourth-order valence-corrected chi connectivity index (χ4v) is 2.72. The third kappa shape index (κ3) is 3.04. The van der Waals surface area contributed by atoms with Crippen LogP contribution in [0.2, 0.25) is 0 Å². The maximum atomic E-state index is 12.3. The molecule has 8 heteroatoms. The number of fused-ring (bicyclic) bond motifs is 1. The Hall–Kier alpha value is -3.94. The largest absolute Gasteiger partial charge is 0.436 e. The number of hydrogen-bond donors (Lipinski definition) is 1. The Labute approximate surface area is 152 Å². The van der Waals surface area contributed by atoms with E-state index in [0.29, 0.717) is 17.2 Å². The number of hydrogen-bond acceptors (Lipinski definition) is 6. The Kier molecular flexibility index (Phi) is 3.92. The molecule has 1 N–H and O–H groups in total. The predicted octanol–water partition coefficient (Wildman–Crippen LogP) is 4.56. The van der Waals surface area contributed by atoms with E-state index in [9.17, 15) is 14.9 Å². The molecule has 0 aliphatic heterocycles. The zero-order chi connectivity index (χ0) is 19.0. The monoisotopic (exact) mass is 363 g/mol. The second-order valence-electron chi connectivity index (χ2n) is 5.81. The first-order valence-electron chi connectivity index (χ1n) is 8.04. The number of carbonyl (C=O) groups excluding carboxylic acids is 1. The van der Waals surface area contributed by atoms with Crippen molar-refractivity contribution in [2.75, 3.05) is 5.32 Å². The third-order valence-corrected chi connectivity index (χ3v) is 4.10.